The Hall–Kier alpha value is -2.62. The first kappa shape index (κ1) is 12.1. The van der Waals surface area contributed by atoms with Gasteiger partial charge in [0.2, 0.25) is 0 Å². The molecule has 0 fully saturated rings. The summed E-state index contributed by atoms with van der Waals surface area (Å²) in [4.78, 5) is 16.2. The number of ether oxygens (including phenoxy) is 1. The Kier molecular flexibility index (Phi) is 2.74. The zero-order valence-electron chi connectivity index (χ0n) is 11.5. The summed E-state index contributed by atoms with van der Waals surface area (Å²) in [6.07, 6.45) is 5.29. The predicted molar refractivity (Wildman–Crippen MR) is 78.6 cm³/mol. The zero-order chi connectivity index (χ0) is 14.2. The minimum Gasteiger partial charge on any atom is -0.487 e. The molecule has 0 spiro atoms. The van der Waals surface area contributed by atoms with Gasteiger partial charge in [-0.1, -0.05) is 18.2 Å². The summed E-state index contributed by atoms with van der Waals surface area (Å²) < 4.78 is 7.85. The van der Waals surface area contributed by atoms with Crippen molar-refractivity contribution in [1.82, 2.24) is 9.38 Å². The molecule has 4 rings (SSSR count). The largest absolute Gasteiger partial charge is 0.487 e. The van der Waals surface area contributed by atoms with Gasteiger partial charge >= 0.3 is 0 Å². The fourth-order valence-electron chi connectivity index (χ4n) is 2.80. The highest BCUT2D eigenvalue weighted by Gasteiger charge is 2.22. The summed E-state index contributed by atoms with van der Waals surface area (Å²) in [5, 5.41) is 0. The Labute approximate surface area is 122 Å². The SMILES string of the molecule is O=C1CCc2c(OCc3cn4ccccc4n3)cccc21. The van der Waals surface area contributed by atoms with E-state index in [4.69, 9.17) is 4.74 Å². The van der Waals surface area contributed by atoms with Crippen LogP contribution in [0.1, 0.15) is 28.0 Å². The van der Waals surface area contributed by atoms with E-state index in [9.17, 15) is 4.79 Å². The van der Waals surface area contributed by atoms with Gasteiger partial charge in [-0.3, -0.25) is 4.79 Å². The second-order valence-corrected chi connectivity index (χ2v) is 5.19. The number of aromatic nitrogens is 2. The van der Waals surface area contributed by atoms with Gasteiger partial charge in [0.05, 0.1) is 5.69 Å². The first-order valence-electron chi connectivity index (χ1n) is 7.02. The summed E-state index contributed by atoms with van der Waals surface area (Å²) in [5.74, 6) is 1.01. The van der Waals surface area contributed by atoms with Crippen LogP contribution in [0, 0.1) is 0 Å². The van der Waals surface area contributed by atoms with Crippen LogP contribution in [0.2, 0.25) is 0 Å². The van der Waals surface area contributed by atoms with Gasteiger partial charge in [0, 0.05) is 29.9 Å². The summed E-state index contributed by atoms with van der Waals surface area (Å²) in [6.45, 7) is 0.409. The van der Waals surface area contributed by atoms with Crippen molar-refractivity contribution < 1.29 is 9.53 Å². The molecule has 0 saturated heterocycles. The number of hydrogen-bond acceptors (Lipinski definition) is 3. The minimum absolute atomic E-state index is 0.211. The van der Waals surface area contributed by atoms with E-state index in [-0.39, 0.29) is 5.78 Å². The summed E-state index contributed by atoms with van der Waals surface area (Å²) in [5.41, 5.74) is 3.63. The minimum atomic E-state index is 0.211. The molecule has 2 aromatic heterocycles. The lowest BCUT2D eigenvalue weighted by atomic mass is 10.1. The Morgan fingerprint density at radius 3 is 3.00 bits per heavy atom. The zero-order valence-corrected chi connectivity index (χ0v) is 11.5. The standard InChI is InChI=1S/C17H14N2O2/c20-15-8-7-14-13(15)4-3-5-16(14)21-11-12-10-19-9-2-1-6-17(19)18-12/h1-6,9-10H,7-8,11H2. The molecule has 0 saturated carbocycles. The number of imidazole rings is 1. The number of ketones is 1. The third-order valence-electron chi connectivity index (χ3n) is 3.82. The van der Waals surface area contributed by atoms with Crippen molar-refractivity contribution >= 4 is 11.4 Å². The topological polar surface area (TPSA) is 43.6 Å². The normalized spacial score (nSPS) is 13.6. The van der Waals surface area contributed by atoms with E-state index in [1.54, 1.807) is 0 Å². The van der Waals surface area contributed by atoms with E-state index >= 15 is 0 Å². The number of carbonyl (C=O) groups excluding carboxylic acids is 1. The average molecular weight is 278 g/mol. The van der Waals surface area contributed by atoms with Crippen molar-refractivity contribution in [3.05, 3.63) is 65.6 Å². The molecule has 21 heavy (non-hydrogen) atoms. The highest BCUT2D eigenvalue weighted by atomic mass is 16.5. The Morgan fingerprint density at radius 2 is 2.10 bits per heavy atom. The van der Waals surface area contributed by atoms with Crippen LogP contribution >= 0.6 is 0 Å². The number of pyridine rings is 1. The molecule has 4 heteroatoms. The molecule has 0 amide bonds. The third kappa shape index (κ3) is 2.09. The van der Waals surface area contributed by atoms with Crippen molar-refractivity contribution in [2.75, 3.05) is 0 Å². The summed E-state index contributed by atoms with van der Waals surface area (Å²) in [6, 6.07) is 11.6. The van der Waals surface area contributed by atoms with Crippen molar-refractivity contribution in [2.45, 2.75) is 19.4 Å². The van der Waals surface area contributed by atoms with Crippen molar-refractivity contribution in [3.8, 4) is 5.75 Å². The molecule has 3 aromatic rings. The van der Waals surface area contributed by atoms with E-state index < -0.39 is 0 Å². The maximum absolute atomic E-state index is 11.7. The molecular formula is C17H14N2O2. The number of nitrogens with zero attached hydrogens (tertiary/aromatic N) is 2. The molecule has 4 nitrogen and oxygen atoms in total. The van der Waals surface area contributed by atoms with Crippen LogP contribution in [-0.2, 0) is 13.0 Å². The Balaban J connectivity index is 1.59. The van der Waals surface area contributed by atoms with E-state index in [1.165, 1.54) is 0 Å². The molecule has 0 unspecified atom stereocenters. The van der Waals surface area contributed by atoms with Gasteiger partial charge in [-0.25, -0.2) is 4.98 Å². The highest BCUT2D eigenvalue weighted by Crippen LogP contribution is 2.30. The highest BCUT2D eigenvalue weighted by molar-refractivity contribution is 6.01. The van der Waals surface area contributed by atoms with Gasteiger partial charge in [0.1, 0.15) is 18.0 Å². The molecule has 2 heterocycles. The lowest BCUT2D eigenvalue weighted by Crippen LogP contribution is -1.99. The van der Waals surface area contributed by atoms with E-state index in [0.717, 1.165) is 34.6 Å². The fraction of sp³-hybridized carbons (Fsp3) is 0.176. The molecule has 104 valence electrons. The molecule has 0 aliphatic heterocycles. The Morgan fingerprint density at radius 1 is 1.14 bits per heavy atom. The van der Waals surface area contributed by atoms with Crippen LogP contribution in [0.5, 0.6) is 5.75 Å². The second kappa shape index (κ2) is 4.74. The van der Waals surface area contributed by atoms with Crippen LogP contribution in [0.4, 0.5) is 0 Å². The van der Waals surface area contributed by atoms with Crippen molar-refractivity contribution in [3.63, 3.8) is 0 Å². The lowest BCUT2D eigenvalue weighted by Gasteiger charge is -2.08. The monoisotopic (exact) mass is 278 g/mol. The van der Waals surface area contributed by atoms with Gasteiger partial charge in [-0.2, -0.15) is 0 Å². The second-order valence-electron chi connectivity index (χ2n) is 5.19. The number of hydrogen-bond donors (Lipinski definition) is 0. The summed E-state index contributed by atoms with van der Waals surface area (Å²) >= 11 is 0. The third-order valence-corrected chi connectivity index (χ3v) is 3.82. The first-order chi connectivity index (χ1) is 10.3. The quantitative estimate of drug-likeness (QED) is 0.739. The van der Waals surface area contributed by atoms with E-state index in [2.05, 4.69) is 4.98 Å². The van der Waals surface area contributed by atoms with E-state index in [0.29, 0.717) is 13.0 Å². The molecule has 1 aromatic carbocycles. The average Bonchev–Trinajstić information content (AvgIpc) is 3.09. The van der Waals surface area contributed by atoms with Crippen molar-refractivity contribution in [1.29, 1.82) is 0 Å². The van der Waals surface area contributed by atoms with Gasteiger partial charge < -0.3 is 9.14 Å². The Bertz CT molecular complexity index is 803. The van der Waals surface area contributed by atoms with Crippen LogP contribution in [0.15, 0.2) is 48.8 Å². The van der Waals surface area contributed by atoms with E-state index in [1.807, 2.05) is 53.2 Å². The maximum Gasteiger partial charge on any atom is 0.163 e. The molecular weight excluding hydrogens is 264 g/mol. The first-order valence-corrected chi connectivity index (χ1v) is 7.02. The molecule has 0 N–H and O–H groups in total. The van der Waals surface area contributed by atoms with Crippen LogP contribution in [-0.4, -0.2) is 15.2 Å². The number of fused-ring (bicyclic) bond motifs is 2. The molecule has 1 aliphatic rings. The van der Waals surface area contributed by atoms with Crippen LogP contribution in [0.3, 0.4) is 0 Å². The van der Waals surface area contributed by atoms with Crippen molar-refractivity contribution in [2.24, 2.45) is 0 Å². The molecule has 0 radical (unpaired) electrons. The van der Waals surface area contributed by atoms with Gasteiger partial charge in [-0.05, 0) is 24.6 Å². The maximum atomic E-state index is 11.7. The number of carbonyl (C=O) groups is 1. The van der Waals surface area contributed by atoms with Gasteiger partial charge in [0.15, 0.2) is 5.78 Å². The summed E-state index contributed by atoms with van der Waals surface area (Å²) in [7, 11) is 0. The number of rotatable bonds is 3. The van der Waals surface area contributed by atoms with Crippen LogP contribution in [0.25, 0.3) is 5.65 Å². The molecule has 1 aliphatic carbocycles. The molecule has 0 bridgehead atoms. The van der Waals surface area contributed by atoms with Gasteiger partial charge in [0.25, 0.3) is 0 Å². The fourth-order valence-corrected chi connectivity index (χ4v) is 2.80. The lowest BCUT2D eigenvalue weighted by molar-refractivity contribution is 0.0994. The number of Topliss-reactive ketones (excluding diaryl/α,β-unsaturated/α-hetero) is 1. The smallest absolute Gasteiger partial charge is 0.163 e. The number of benzene rings is 1. The molecule has 0 atom stereocenters. The van der Waals surface area contributed by atoms with Crippen LogP contribution < -0.4 is 4.74 Å². The predicted octanol–water partition coefficient (Wildman–Crippen LogP) is 3.04. The van der Waals surface area contributed by atoms with Gasteiger partial charge in [-0.15, -0.1) is 0 Å².